The molecule has 0 amide bonds. The molecule has 28 heavy (non-hydrogen) atoms. The second-order valence-electron chi connectivity index (χ2n) is 6.97. The Balaban J connectivity index is 1.42. The zero-order valence-corrected chi connectivity index (χ0v) is 15.1. The number of aromatic nitrogens is 4. The predicted molar refractivity (Wildman–Crippen MR) is 103 cm³/mol. The fourth-order valence-electron chi connectivity index (χ4n) is 3.76. The molecule has 3 heterocycles. The number of fused-ring (bicyclic) bond motifs is 1. The van der Waals surface area contributed by atoms with Crippen LogP contribution in [-0.2, 0) is 0 Å². The van der Waals surface area contributed by atoms with Crippen molar-refractivity contribution in [2.75, 3.05) is 18.0 Å². The largest absolute Gasteiger partial charge is 0.355 e. The van der Waals surface area contributed by atoms with Crippen LogP contribution in [0.5, 0.6) is 0 Å². The Morgan fingerprint density at radius 1 is 1.07 bits per heavy atom. The van der Waals surface area contributed by atoms with Gasteiger partial charge in [-0.1, -0.05) is 29.4 Å². The van der Waals surface area contributed by atoms with Gasteiger partial charge in [0, 0.05) is 24.0 Å². The zero-order chi connectivity index (χ0) is 18.9. The van der Waals surface area contributed by atoms with Crippen LogP contribution in [0.1, 0.15) is 24.7 Å². The van der Waals surface area contributed by atoms with Crippen molar-refractivity contribution in [2.45, 2.75) is 18.8 Å². The minimum Gasteiger partial charge on any atom is -0.355 e. The standard InChI is InChI=1S/C21H18FN5O/c22-16-7-3-5-14(11-16)19-25-21(28-26-19)15-6-4-10-27(12-15)20-17-8-1-2-9-18(17)23-13-24-20/h1-3,5,7-9,11,13,15H,4,6,10,12H2. The lowest BCUT2D eigenvalue weighted by molar-refractivity contribution is 0.333. The molecular weight excluding hydrogens is 357 g/mol. The minimum atomic E-state index is -0.316. The molecule has 0 spiro atoms. The fraction of sp³-hybridized carbons (Fsp3) is 0.238. The van der Waals surface area contributed by atoms with Crippen LogP contribution in [0, 0.1) is 5.82 Å². The van der Waals surface area contributed by atoms with Crippen LogP contribution in [0.4, 0.5) is 10.2 Å². The average Bonchev–Trinajstić information content (AvgIpc) is 3.24. The van der Waals surface area contributed by atoms with E-state index in [1.807, 2.05) is 24.3 Å². The Labute approximate surface area is 161 Å². The van der Waals surface area contributed by atoms with E-state index in [0.29, 0.717) is 17.3 Å². The van der Waals surface area contributed by atoms with Crippen molar-refractivity contribution < 1.29 is 8.91 Å². The highest BCUT2D eigenvalue weighted by Gasteiger charge is 2.28. The summed E-state index contributed by atoms with van der Waals surface area (Å²) >= 11 is 0. The highest BCUT2D eigenvalue weighted by atomic mass is 19.1. The number of anilines is 1. The predicted octanol–water partition coefficient (Wildman–Crippen LogP) is 4.20. The van der Waals surface area contributed by atoms with E-state index >= 15 is 0 Å². The maximum Gasteiger partial charge on any atom is 0.231 e. The summed E-state index contributed by atoms with van der Waals surface area (Å²) in [4.78, 5) is 15.7. The Hall–Kier alpha value is -3.35. The molecule has 0 aliphatic carbocycles. The summed E-state index contributed by atoms with van der Waals surface area (Å²) < 4.78 is 19.0. The number of hydrogen-bond acceptors (Lipinski definition) is 6. The summed E-state index contributed by atoms with van der Waals surface area (Å²) in [6.45, 7) is 1.66. The Morgan fingerprint density at radius 3 is 2.93 bits per heavy atom. The third kappa shape index (κ3) is 3.09. The highest BCUT2D eigenvalue weighted by Crippen LogP contribution is 2.32. The maximum atomic E-state index is 13.5. The first-order valence-corrected chi connectivity index (χ1v) is 9.32. The third-order valence-corrected chi connectivity index (χ3v) is 5.12. The topological polar surface area (TPSA) is 67.9 Å². The van der Waals surface area contributed by atoms with Crippen molar-refractivity contribution >= 4 is 16.7 Å². The molecule has 1 aliphatic heterocycles. The number of piperidine rings is 1. The SMILES string of the molecule is Fc1cccc(-c2noc(C3CCCN(c4ncnc5ccccc45)C3)n2)c1. The molecule has 1 unspecified atom stereocenters. The van der Waals surface area contributed by atoms with Gasteiger partial charge in [-0.3, -0.25) is 0 Å². The molecule has 2 aromatic carbocycles. The Kier molecular flexibility index (Phi) is 4.20. The molecule has 0 bridgehead atoms. The first-order chi connectivity index (χ1) is 13.8. The van der Waals surface area contributed by atoms with Crippen LogP contribution in [0.2, 0.25) is 0 Å². The van der Waals surface area contributed by atoms with E-state index in [4.69, 9.17) is 4.52 Å². The lowest BCUT2D eigenvalue weighted by atomic mass is 9.97. The Bertz CT molecular complexity index is 1120. The minimum absolute atomic E-state index is 0.109. The van der Waals surface area contributed by atoms with Crippen LogP contribution in [-0.4, -0.2) is 33.2 Å². The average molecular weight is 375 g/mol. The summed E-state index contributed by atoms with van der Waals surface area (Å²) in [5.41, 5.74) is 1.55. The van der Waals surface area contributed by atoms with Gasteiger partial charge in [0.2, 0.25) is 11.7 Å². The molecule has 5 rings (SSSR count). The second-order valence-corrected chi connectivity index (χ2v) is 6.97. The van der Waals surface area contributed by atoms with Gasteiger partial charge in [0.05, 0.1) is 11.4 Å². The first kappa shape index (κ1) is 16.8. The van der Waals surface area contributed by atoms with Crippen LogP contribution in [0.15, 0.2) is 59.4 Å². The second kappa shape index (κ2) is 6.99. The Morgan fingerprint density at radius 2 is 2.00 bits per heavy atom. The van der Waals surface area contributed by atoms with Crippen LogP contribution in [0.25, 0.3) is 22.3 Å². The quantitative estimate of drug-likeness (QED) is 0.534. The van der Waals surface area contributed by atoms with E-state index in [1.54, 1.807) is 18.5 Å². The van der Waals surface area contributed by atoms with E-state index < -0.39 is 0 Å². The number of nitrogens with zero attached hydrogens (tertiary/aromatic N) is 5. The van der Waals surface area contributed by atoms with Crippen molar-refractivity contribution in [1.29, 1.82) is 0 Å². The summed E-state index contributed by atoms with van der Waals surface area (Å²) in [5.74, 6) is 1.72. The summed E-state index contributed by atoms with van der Waals surface area (Å²) in [6.07, 6.45) is 3.57. The molecule has 0 N–H and O–H groups in total. The summed E-state index contributed by atoms with van der Waals surface area (Å²) in [6, 6.07) is 14.2. The lowest BCUT2D eigenvalue weighted by Crippen LogP contribution is -2.35. The van der Waals surface area contributed by atoms with Crippen LogP contribution >= 0.6 is 0 Å². The van der Waals surface area contributed by atoms with Crippen molar-refractivity contribution in [2.24, 2.45) is 0 Å². The third-order valence-electron chi connectivity index (χ3n) is 5.12. The van der Waals surface area contributed by atoms with Gasteiger partial charge in [0.1, 0.15) is 18.0 Å². The van der Waals surface area contributed by atoms with Gasteiger partial charge in [-0.25, -0.2) is 14.4 Å². The van der Waals surface area contributed by atoms with Gasteiger partial charge in [-0.2, -0.15) is 4.98 Å². The molecule has 2 aromatic heterocycles. The molecule has 7 heteroatoms. The normalized spacial score (nSPS) is 17.2. The van der Waals surface area contributed by atoms with E-state index in [-0.39, 0.29) is 11.7 Å². The van der Waals surface area contributed by atoms with Crippen molar-refractivity contribution in [3.8, 4) is 11.4 Å². The molecule has 0 saturated carbocycles. The van der Waals surface area contributed by atoms with Gasteiger partial charge in [-0.15, -0.1) is 0 Å². The van der Waals surface area contributed by atoms with E-state index in [0.717, 1.165) is 42.7 Å². The van der Waals surface area contributed by atoms with Gasteiger partial charge < -0.3 is 9.42 Å². The first-order valence-electron chi connectivity index (χ1n) is 9.32. The smallest absolute Gasteiger partial charge is 0.231 e. The lowest BCUT2D eigenvalue weighted by Gasteiger charge is -2.32. The monoisotopic (exact) mass is 375 g/mol. The summed E-state index contributed by atoms with van der Waals surface area (Å²) in [5, 5.41) is 5.09. The molecule has 1 saturated heterocycles. The van der Waals surface area contributed by atoms with Crippen molar-refractivity contribution in [3.05, 3.63) is 66.6 Å². The van der Waals surface area contributed by atoms with E-state index in [9.17, 15) is 4.39 Å². The highest BCUT2D eigenvalue weighted by molar-refractivity contribution is 5.89. The van der Waals surface area contributed by atoms with Crippen molar-refractivity contribution in [1.82, 2.24) is 20.1 Å². The molecule has 1 atom stereocenters. The molecule has 1 fully saturated rings. The van der Waals surface area contributed by atoms with E-state index in [2.05, 4.69) is 25.0 Å². The summed E-state index contributed by atoms with van der Waals surface area (Å²) in [7, 11) is 0. The number of hydrogen-bond donors (Lipinski definition) is 0. The molecular formula is C21H18FN5O. The fourth-order valence-corrected chi connectivity index (χ4v) is 3.76. The van der Waals surface area contributed by atoms with Gasteiger partial charge in [0.25, 0.3) is 0 Å². The van der Waals surface area contributed by atoms with Crippen LogP contribution < -0.4 is 4.90 Å². The van der Waals surface area contributed by atoms with E-state index in [1.165, 1.54) is 12.1 Å². The van der Waals surface area contributed by atoms with Gasteiger partial charge >= 0.3 is 0 Å². The van der Waals surface area contributed by atoms with Crippen molar-refractivity contribution in [3.63, 3.8) is 0 Å². The molecule has 4 aromatic rings. The van der Waals surface area contributed by atoms with Crippen LogP contribution in [0.3, 0.4) is 0 Å². The number of benzene rings is 2. The number of rotatable bonds is 3. The van der Waals surface area contributed by atoms with Gasteiger partial charge in [0.15, 0.2) is 0 Å². The van der Waals surface area contributed by atoms with Gasteiger partial charge in [-0.05, 0) is 37.1 Å². The zero-order valence-electron chi connectivity index (χ0n) is 15.1. The number of para-hydroxylation sites is 1. The molecule has 6 nitrogen and oxygen atoms in total. The molecule has 0 radical (unpaired) electrons. The molecule has 140 valence electrons. The molecule has 1 aliphatic rings. The maximum absolute atomic E-state index is 13.5. The number of halogens is 1.